The molecule has 0 aliphatic heterocycles. The summed E-state index contributed by atoms with van der Waals surface area (Å²) in [5.41, 5.74) is 0. The van der Waals surface area contributed by atoms with Gasteiger partial charge >= 0.3 is 5.97 Å². The SMILES string of the molecule is CCCCCCCCCCCCCCCCC(O)C(=O)O.OC[C@@H](O)[C@@H](O)[C@H](O)[C@@H](O)CO. The Hall–Kier alpha value is -0.810. The lowest BCUT2D eigenvalue weighted by Crippen LogP contribution is -2.46. The monoisotopic (exact) mass is 482 g/mol. The molecule has 200 valence electrons. The van der Waals surface area contributed by atoms with E-state index in [4.69, 9.17) is 40.9 Å². The molecule has 0 aliphatic rings. The van der Waals surface area contributed by atoms with E-state index in [9.17, 15) is 4.79 Å². The Balaban J connectivity index is 0. The molecule has 0 saturated carbocycles. The zero-order valence-corrected chi connectivity index (χ0v) is 20.4. The predicted molar refractivity (Wildman–Crippen MR) is 127 cm³/mol. The van der Waals surface area contributed by atoms with Gasteiger partial charge < -0.3 is 40.9 Å². The van der Waals surface area contributed by atoms with Crippen molar-refractivity contribution in [2.24, 2.45) is 0 Å². The lowest BCUT2D eigenvalue weighted by atomic mass is 10.0. The Morgan fingerprint density at radius 1 is 0.576 bits per heavy atom. The van der Waals surface area contributed by atoms with Crippen molar-refractivity contribution in [3.63, 3.8) is 0 Å². The number of aliphatic hydroxyl groups is 7. The first-order valence-corrected chi connectivity index (χ1v) is 12.6. The summed E-state index contributed by atoms with van der Waals surface area (Å²) in [6, 6.07) is 0. The second kappa shape index (κ2) is 24.3. The molecule has 5 atom stereocenters. The van der Waals surface area contributed by atoms with E-state index in [1.165, 1.54) is 77.0 Å². The van der Waals surface area contributed by atoms with Gasteiger partial charge in [0.15, 0.2) is 6.10 Å². The van der Waals surface area contributed by atoms with Crippen LogP contribution in [0, 0.1) is 0 Å². The highest BCUT2D eigenvalue weighted by Gasteiger charge is 2.29. The van der Waals surface area contributed by atoms with Gasteiger partial charge in [-0.2, -0.15) is 0 Å². The average molecular weight is 483 g/mol. The average Bonchev–Trinajstić information content (AvgIpc) is 2.82. The summed E-state index contributed by atoms with van der Waals surface area (Å²) in [5, 5.41) is 69.8. The lowest BCUT2D eigenvalue weighted by molar-refractivity contribution is -0.146. The number of hydrogen-bond donors (Lipinski definition) is 8. The fourth-order valence-corrected chi connectivity index (χ4v) is 3.33. The Labute approximate surface area is 199 Å². The molecule has 8 N–H and O–H groups in total. The van der Waals surface area contributed by atoms with Crippen LogP contribution in [0.25, 0.3) is 0 Å². The van der Waals surface area contributed by atoms with Gasteiger partial charge in [0.05, 0.1) is 13.2 Å². The molecule has 0 saturated heterocycles. The summed E-state index contributed by atoms with van der Waals surface area (Å²) in [7, 11) is 0. The number of carbonyl (C=O) groups is 1. The Morgan fingerprint density at radius 2 is 0.879 bits per heavy atom. The molecule has 9 nitrogen and oxygen atoms in total. The zero-order chi connectivity index (χ0) is 25.5. The standard InChI is InChI=1S/C18H36O3.C6H14O6/c1-2-3-4-5-6-7-8-9-10-11-12-13-14-15-16-17(19)18(20)21;7-1-3(9)5(11)6(12)4(10)2-8/h17,19H,2-16H2,1H3,(H,20,21);3-12H,1-2H2/t;3-,4+,5-,6-/m.1/s1. The van der Waals surface area contributed by atoms with Gasteiger partial charge in [-0.1, -0.05) is 96.8 Å². The van der Waals surface area contributed by atoms with Crippen LogP contribution in [0.1, 0.15) is 103 Å². The predicted octanol–water partition coefficient (Wildman–Crippen LogP) is 1.72. The van der Waals surface area contributed by atoms with E-state index in [-0.39, 0.29) is 0 Å². The first-order chi connectivity index (χ1) is 15.7. The van der Waals surface area contributed by atoms with Gasteiger partial charge in [-0.3, -0.25) is 0 Å². The van der Waals surface area contributed by atoms with Gasteiger partial charge in [0.2, 0.25) is 0 Å². The second-order valence-electron chi connectivity index (χ2n) is 8.72. The highest BCUT2D eigenvalue weighted by Crippen LogP contribution is 2.13. The molecular formula is C24H50O9. The van der Waals surface area contributed by atoms with Crippen LogP contribution in [0.15, 0.2) is 0 Å². The summed E-state index contributed by atoms with van der Waals surface area (Å²) in [6.07, 6.45) is 10.9. The van der Waals surface area contributed by atoms with E-state index in [2.05, 4.69) is 6.92 Å². The summed E-state index contributed by atoms with van der Waals surface area (Å²) < 4.78 is 0. The molecule has 1 unspecified atom stereocenters. The third-order valence-electron chi connectivity index (χ3n) is 5.63. The van der Waals surface area contributed by atoms with Crippen LogP contribution in [0.3, 0.4) is 0 Å². The Kier molecular flexibility index (Phi) is 25.3. The molecule has 0 aromatic rings. The van der Waals surface area contributed by atoms with Gasteiger partial charge in [0.25, 0.3) is 0 Å². The molecule has 0 fully saturated rings. The topological polar surface area (TPSA) is 179 Å². The quantitative estimate of drug-likeness (QED) is 0.113. The molecule has 0 radical (unpaired) electrons. The molecular weight excluding hydrogens is 432 g/mol. The van der Waals surface area contributed by atoms with Crippen molar-refractivity contribution in [2.45, 2.75) is 134 Å². The third kappa shape index (κ3) is 21.5. The first-order valence-electron chi connectivity index (χ1n) is 12.6. The molecule has 0 aromatic carbocycles. The molecule has 0 aliphatic carbocycles. The molecule has 0 amide bonds. The van der Waals surface area contributed by atoms with E-state index in [0.29, 0.717) is 6.42 Å². The number of hydrogen-bond acceptors (Lipinski definition) is 8. The fraction of sp³-hybridized carbons (Fsp3) is 0.958. The van der Waals surface area contributed by atoms with Crippen molar-refractivity contribution in [3.05, 3.63) is 0 Å². The van der Waals surface area contributed by atoms with Crippen molar-refractivity contribution in [2.75, 3.05) is 13.2 Å². The number of aliphatic hydroxyl groups excluding tert-OH is 7. The number of carboxylic acids is 1. The second-order valence-corrected chi connectivity index (χ2v) is 8.72. The highest BCUT2D eigenvalue weighted by molar-refractivity contribution is 5.71. The van der Waals surface area contributed by atoms with Gasteiger partial charge in [-0.15, -0.1) is 0 Å². The molecule has 33 heavy (non-hydrogen) atoms. The normalized spacial score (nSPS) is 15.8. The Bertz CT molecular complexity index is 409. The van der Waals surface area contributed by atoms with Crippen LogP contribution in [-0.2, 0) is 4.79 Å². The molecule has 9 heteroatoms. The maximum absolute atomic E-state index is 10.4. The van der Waals surface area contributed by atoms with E-state index >= 15 is 0 Å². The smallest absolute Gasteiger partial charge is 0.332 e. The first kappa shape index (κ1) is 34.4. The van der Waals surface area contributed by atoms with Crippen molar-refractivity contribution < 1.29 is 45.6 Å². The zero-order valence-electron chi connectivity index (χ0n) is 20.4. The van der Waals surface area contributed by atoms with Crippen molar-refractivity contribution in [1.29, 1.82) is 0 Å². The maximum Gasteiger partial charge on any atom is 0.332 e. The van der Waals surface area contributed by atoms with Gasteiger partial charge in [0.1, 0.15) is 24.4 Å². The molecule has 0 aromatic heterocycles. The summed E-state index contributed by atoms with van der Waals surface area (Å²) in [6.45, 7) is 0.807. The van der Waals surface area contributed by atoms with Crippen LogP contribution in [0.2, 0.25) is 0 Å². The van der Waals surface area contributed by atoms with Crippen molar-refractivity contribution in [1.82, 2.24) is 0 Å². The minimum absolute atomic E-state index is 0.396. The number of rotatable bonds is 21. The maximum atomic E-state index is 10.4. The highest BCUT2D eigenvalue weighted by atomic mass is 16.4. The summed E-state index contributed by atoms with van der Waals surface area (Å²) in [4.78, 5) is 10.4. The fourth-order valence-electron chi connectivity index (χ4n) is 3.33. The van der Waals surface area contributed by atoms with Crippen LogP contribution >= 0.6 is 0 Å². The van der Waals surface area contributed by atoms with E-state index in [1.807, 2.05) is 0 Å². The summed E-state index contributed by atoms with van der Waals surface area (Å²) >= 11 is 0. The Morgan fingerprint density at radius 3 is 1.15 bits per heavy atom. The molecule has 0 heterocycles. The van der Waals surface area contributed by atoms with Gasteiger partial charge in [-0.05, 0) is 6.42 Å². The minimum Gasteiger partial charge on any atom is -0.479 e. The van der Waals surface area contributed by atoms with Crippen molar-refractivity contribution >= 4 is 5.97 Å². The molecule has 0 bridgehead atoms. The number of carboxylic acid groups (broad SMARTS) is 1. The summed E-state index contributed by atoms with van der Waals surface area (Å²) in [5.74, 6) is -1.09. The van der Waals surface area contributed by atoms with E-state index in [1.54, 1.807) is 0 Å². The van der Waals surface area contributed by atoms with Crippen LogP contribution in [0.5, 0.6) is 0 Å². The van der Waals surface area contributed by atoms with Gasteiger partial charge in [-0.25, -0.2) is 4.79 Å². The van der Waals surface area contributed by atoms with Gasteiger partial charge in [0, 0.05) is 0 Å². The van der Waals surface area contributed by atoms with Crippen LogP contribution in [0.4, 0.5) is 0 Å². The third-order valence-corrected chi connectivity index (χ3v) is 5.63. The number of unbranched alkanes of at least 4 members (excludes halogenated alkanes) is 13. The largest absolute Gasteiger partial charge is 0.479 e. The minimum atomic E-state index is -1.67. The molecule has 0 spiro atoms. The van der Waals surface area contributed by atoms with Crippen LogP contribution in [-0.4, -0.2) is 90.6 Å². The number of aliphatic carboxylic acids is 1. The lowest BCUT2D eigenvalue weighted by Gasteiger charge is -2.24. The van der Waals surface area contributed by atoms with Crippen LogP contribution < -0.4 is 0 Å². The molecule has 0 rings (SSSR count). The van der Waals surface area contributed by atoms with E-state index in [0.717, 1.165) is 12.8 Å². The van der Waals surface area contributed by atoms with E-state index < -0.39 is 49.7 Å². The van der Waals surface area contributed by atoms with Crippen molar-refractivity contribution in [3.8, 4) is 0 Å².